The van der Waals surface area contributed by atoms with Crippen LogP contribution in [0, 0.1) is 5.41 Å². The van der Waals surface area contributed by atoms with Gasteiger partial charge < -0.3 is 10.8 Å². The number of hydrogen-bond donors (Lipinski definition) is 2. The van der Waals surface area contributed by atoms with E-state index in [0.717, 1.165) is 0 Å². The van der Waals surface area contributed by atoms with Crippen molar-refractivity contribution in [3.63, 3.8) is 0 Å². The predicted octanol–water partition coefficient (Wildman–Crippen LogP) is 2.19. The van der Waals surface area contributed by atoms with Gasteiger partial charge in [0.2, 0.25) is 0 Å². The largest absolute Gasteiger partial charge is 0.386 e. The topological polar surface area (TPSA) is 46.2 Å². The van der Waals surface area contributed by atoms with Gasteiger partial charge in [-0.1, -0.05) is 20.8 Å². The third kappa shape index (κ3) is 3.33. The van der Waals surface area contributed by atoms with E-state index in [1.807, 2.05) is 0 Å². The number of hydrogen-bond acceptors (Lipinski definition) is 2. The molecule has 1 unspecified atom stereocenters. The number of aliphatic hydroxyl groups excluding tert-OH is 1. The van der Waals surface area contributed by atoms with Crippen LogP contribution in [0.1, 0.15) is 34.6 Å². The van der Waals surface area contributed by atoms with Gasteiger partial charge in [0, 0.05) is 0 Å². The summed E-state index contributed by atoms with van der Waals surface area (Å²) in [6, 6.07) is 0. The molecule has 0 radical (unpaired) electrons. The van der Waals surface area contributed by atoms with E-state index in [1.54, 1.807) is 20.8 Å². The molecular formula is C9H20ClF2NO. The van der Waals surface area contributed by atoms with Gasteiger partial charge in [-0.2, -0.15) is 0 Å². The van der Waals surface area contributed by atoms with Crippen LogP contribution in [0.25, 0.3) is 0 Å². The van der Waals surface area contributed by atoms with Crippen LogP contribution in [0.2, 0.25) is 0 Å². The third-order valence-electron chi connectivity index (χ3n) is 2.02. The standard InChI is InChI=1S/C9H19F2NO.ClH/c1-7(2,3)6(13)9(10,11)8(4,5)12;/h6,13H,12H2,1-5H3;1H. The van der Waals surface area contributed by atoms with Crippen molar-refractivity contribution in [1.82, 2.24) is 0 Å². The fourth-order valence-electron chi connectivity index (χ4n) is 0.896. The van der Waals surface area contributed by atoms with Gasteiger partial charge in [0.05, 0.1) is 5.54 Å². The zero-order valence-electron chi connectivity index (χ0n) is 9.27. The Hall–Kier alpha value is 0.0700. The van der Waals surface area contributed by atoms with Crippen molar-refractivity contribution in [3.05, 3.63) is 0 Å². The zero-order chi connectivity index (χ0) is 11.1. The Bertz CT molecular complexity index is 184. The molecule has 0 spiro atoms. The van der Waals surface area contributed by atoms with Crippen molar-refractivity contribution in [1.29, 1.82) is 0 Å². The molecular weight excluding hydrogens is 212 g/mol. The molecule has 88 valence electrons. The lowest BCUT2D eigenvalue weighted by atomic mass is 9.79. The number of rotatable bonds is 2. The Morgan fingerprint density at radius 3 is 1.43 bits per heavy atom. The highest BCUT2D eigenvalue weighted by Crippen LogP contribution is 2.38. The maximum atomic E-state index is 13.4. The van der Waals surface area contributed by atoms with Crippen LogP contribution in [0.15, 0.2) is 0 Å². The molecule has 0 aliphatic rings. The summed E-state index contributed by atoms with van der Waals surface area (Å²) in [5, 5.41) is 9.42. The first kappa shape index (κ1) is 16.5. The summed E-state index contributed by atoms with van der Waals surface area (Å²) in [5.41, 5.74) is 2.72. The normalized spacial score (nSPS) is 16.1. The first-order valence-corrected chi connectivity index (χ1v) is 4.25. The summed E-state index contributed by atoms with van der Waals surface area (Å²) in [7, 11) is 0. The maximum Gasteiger partial charge on any atom is 0.290 e. The van der Waals surface area contributed by atoms with E-state index in [0.29, 0.717) is 0 Å². The molecule has 5 heteroatoms. The van der Waals surface area contributed by atoms with E-state index in [1.165, 1.54) is 13.8 Å². The quantitative estimate of drug-likeness (QED) is 0.765. The minimum Gasteiger partial charge on any atom is -0.386 e. The first-order chi connectivity index (χ1) is 5.40. The van der Waals surface area contributed by atoms with E-state index in [-0.39, 0.29) is 12.4 Å². The molecule has 0 saturated carbocycles. The summed E-state index contributed by atoms with van der Waals surface area (Å²) < 4.78 is 26.9. The fraction of sp³-hybridized carbons (Fsp3) is 1.00. The van der Waals surface area contributed by atoms with Crippen LogP contribution in [-0.2, 0) is 0 Å². The van der Waals surface area contributed by atoms with Crippen molar-refractivity contribution in [2.75, 3.05) is 0 Å². The average Bonchev–Trinajstić information content (AvgIpc) is 1.81. The van der Waals surface area contributed by atoms with Crippen LogP contribution in [-0.4, -0.2) is 22.7 Å². The molecule has 0 aromatic rings. The number of alkyl halides is 2. The summed E-state index contributed by atoms with van der Waals surface area (Å²) in [4.78, 5) is 0. The number of nitrogens with two attached hydrogens (primary N) is 1. The Balaban J connectivity index is 0. The summed E-state index contributed by atoms with van der Waals surface area (Å²) >= 11 is 0. The summed E-state index contributed by atoms with van der Waals surface area (Å²) in [6.07, 6.45) is -1.74. The zero-order valence-corrected chi connectivity index (χ0v) is 10.1. The Morgan fingerprint density at radius 2 is 1.36 bits per heavy atom. The average molecular weight is 232 g/mol. The molecule has 0 saturated heterocycles. The molecule has 1 atom stereocenters. The van der Waals surface area contributed by atoms with Gasteiger partial charge in [0.25, 0.3) is 5.92 Å². The van der Waals surface area contributed by atoms with Crippen LogP contribution in [0.4, 0.5) is 8.78 Å². The van der Waals surface area contributed by atoms with Crippen molar-refractivity contribution in [3.8, 4) is 0 Å². The van der Waals surface area contributed by atoms with E-state index < -0.39 is 23.0 Å². The second kappa shape index (κ2) is 4.29. The highest BCUT2D eigenvalue weighted by molar-refractivity contribution is 5.85. The second-order valence-electron chi connectivity index (χ2n) is 5.11. The Labute approximate surface area is 90.3 Å². The van der Waals surface area contributed by atoms with Gasteiger partial charge in [0.1, 0.15) is 6.10 Å². The summed E-state index contributed by atoms with van der Waals surface area (Å²) in [6.45, 7) is 7.08. The lowest BCUT2D eigenvalue weighted by molar-refractivity contribution is -0.182. The Kier molecular flexibility index (Phi) is 5.05. The molecule has 0 aromatic heterocycles. The van der Waals surface area contributed by atoms with Crippen LogP contribution < -0.4 is 5.73 Å². The Morgan fingerprint density at radius 1 is 1.07 bits per heavy atom. The minimum absolute atomic E-state index is 0. The van der Waals surface area contributed by atoms with Gasteiger partial charge in [-0.25, -0.2) is 8.78 Å². The molecule has 0 rings (SSSR count). The third-order valence-corrected chi connectivity index (χ3v) is 2.02. The van der Waals surface area contributed by atoms with Crippen LogP contribution in [0.5, 0.6) is 0 Å². The maximum absolute atomic E-state index is 13.4. The van der Waals surface area contributed by atoms with E-state index in [4.69, 9.17) is 5.73 Å². The van der Waals surface area contributed by atoms with Gasteiger partial charge in [-0.05, 0) is 19.3 Å². The molecule has 0 bridgehead atoms. The highest BCUT2D eigenvalue weighted by atomic mass is 35.5. The lowest BCUT2D eigenvalue weighted by Crippen LogP contribution is -2.60. The minimum atomic E-state index is -3.29. The van der Waals surface area contributed by atoms with Gasteiger partial charge in [-0.3, -0.25) is 0 Å². The van der Waals surface area contributed by atoms with E-state index >= 15 is 0 Å². The van der Waals surface area contributed by atoms with Crippen molar-refractivity contribution >= 4 is 12.4 Å². The summed E-state index contributed by atoms with van der Waals surface area (Å²) in [5.74, 6) is -3.29. The monoisotopic (exact) mass is 231 g/mol. The van der Waals surface area contributed by atoms with Crippen molar-refractivity contribution in [2.24, 2.45) is 11.1 Å². The van der Waals surface area contributed by atoms with Crippen molar-refractivity contribution in [2.45, 2.75) is 52.2 Å². The smallest absolute Gasteiger partial charge is 0.290 e. The predicted molar refractivity (Wildman–Crippen MR) is 55.9 cm³/mol. The second-order valence-corrected chi connectivity index (χ2v) is 5.11. The SMILES string of the molecule is CC(C)(C)C(O)C(F)(F)C(C)(C)N.Cl. The molecule has 0 aliphatic carbocycles. The molecule has 0 aliphatic heterocycles. The lowest BCUT2D eigenvalue weighted by Gasteiger charge is -2.39. The van der Waals surface area contributed by atoms with E-state index in [2.05, 4.69) is 0 Å². The number of halogens is 3. The molecule has 0 aromatic carbocycles. The molecule has 14 heavy (non-hydrogen) atoms. The van der Waals surface area contributed by atoms with Gasteiger partial charge in [0.15, 0.2) is 0 Å². The molecule has 0 heterocycles. The first-order valence-electron chi connectivity index (χ1n) is 4.25. The molecule has 0 fully saturated rings. The van der Waals surface area contributed by atoms with Crippen LogP contribution >= 0.6 is 12.4 Å². The van der Waals surface area contributed by atoms with Crippen LogP contribution in [0.3, 0.4) is 0 Å². The van der Waals surface area contributed by atoms with E-state index in [9.17, 15) is 13.9 Å². The molecule has 3 N–H and O–H groups in total. The molecule has 2 nitrogen and oxygen atoms in total. The number of aliphatic hydroxyl groups is 1. The fourth-order valence-corrected chi connectivity index (χ4v) is 0.896. The van der Waals surface area contributed by atoms with Gasteiger partial charge >= 0.3 is 0 Å². The van der Waals surface area contributed by atoms with Crippen molar-refractivity contribution < 1.29 is 13.9 Å². The highest BCUT2D eigenvalue weighted by Gasteiger charge is 2.53. The van der Waals surface area contributed by atoms with Gasteiger partial charge in [-0.15, -0.1) is 12.4 Å². The molecule has 0 amide bonds.